The first-order chi connectivity index (χ1) is 7.69. The highest BCUT2D eigenvalue weighted by atomic mass is 32.2. The van der Waals surface area contributed by atoms with Crippen molar-refractivity contribution in [3.63, 3.8) is 0 Å². The zero-order valence-electron chi connectivity index (χ0n) is 9.84. The van der Waals surface area contributed by atoms with Gasteiger partial charge in [-0.2, -0.15) is 5.10 Å². The zero-order chi connectivity index (χ0) is 12.0. The van der Waals surface area contributed by atoms with Crippen LogP contribution >= 0.6 is 11.8 Å². The van der Waals surface area contributed by atoms with Gasteiger partial charge >= 0.3 is 5.97 Å². The number of esters is 1. The molecule has 1 atom stereocenters. The molecule has 0 aliphatic carbocycles. The summed E-state index contributed by atoms with van der Waals surface area (Å²) in [7, 11) is 3.22. The van der Waals surface area contributed by atoms with E-state index in [0.717, 1.165) is 24.4 Å². The highest BCUT2D eigenvalue weighted by Crippen LogP contribution is 2.25. The van der Waals surface area contributed by atoms with Crippen LogP contribution in [0.4, 0.5) is 0 Å². The average molecular weight is 243 g/mol. The van der Waals surface area contributed by atoms with Gasteiger partial charge in [-0.05, 0) is 6.42 Å². The fraction of sp³-hybridized carbons (Fsp3) is 0.700. The molecule has 1 rings (SSSR count). The van der Waals surface area contributed by atoms with Gasteiger partial charge in [-0.25, -0.2) is 9.67 Å². The minimum Gasteiger partial charge on any atom is -0.468 e. The minimum atomic E-state index is -0.193. The predicted molar refractivity (Wildman–Crippen MR) is 62.2 cm³/mol. The molecule has 0 amide bonds. The van der Waals surface area contributed by atoms with E-state index in [1.165, 1.54) is 25.2 Å². The Balaban J connectivity index is 2.63. The Morgan fingerprint density at radius 2 is 2.44 bits per heavy atom. The summed E-state index contributed by atoms with van der Waals surface area (Å²) in [6, 6.07) is 0. The summed E-state index contributed by atoms with van der Waals surface area (Å²) in [6.07, 6.45) is 4.36. The second kappa shape index (κ2) is 6.52. The Labute approximate surface area is 99.6 Å². The molecule has 16 heavy (non-hydrogen) atoms. The van der Waals surface area contributed by atoms with Crippen molar-refractivity contribution in [2.24, 2.45) is 7.05 Å². The summed E-state index contributed by atoms with van der Waals surface area (Å²) in [5.74, 6) is -0.193. The molecule has 1 unspecified atom stereocenters. The van der Waals surface area contributed by atoms with Gasteiger partial charge in [0.1, 0.15) is 11.6 Å². The molecule has 5 nitrogen and oxygen atoms in total. The number of thioether (sulfide) groups is 1. The average Bonchev–Trinajstić information content (AvgIpc) is 2.69. The third-order valence-electron chi connectivity index (χ3n) is 2.20. The molecule has 0 bridgehead atoms. The van der Waals surface area contributed by atoms with Crippen molar-refractivity contribution in [3.05, 3.63) is 6.33 Å². The van der Waals surface area contributed by atoms with E-state index in [-0.39, 0.29) is 11.2 Å². The van der Waals surface area contributed by atoms with E-state index >= 15 is 0 Å². The number of rotatable bonds is 6. The lowest BCUT2D eigenvalue weighted by Gasteiger charge is -2.12. The van der Waals surface area contributed by atoms with Gasteiger partial charge in [-0.1, -0.05) is 31.5 Å². The Morgan fingerprint density at radius 3 is 2.94 bits per heavy atom. The molecular weight excluding hydrogens is 226 g/mol. The van der Waals surface area contributed by atoms with Gasteiger partial charge in [0.15, 0.2) is 5.16 Å². The standard InChI is InChI=1S/C10H17N3O2S/c1-4-5-6-8(9(14)15-3)16-10-11-7-12-13(10)2/h7-8H,4-6H2,1-3H3. The number of carbonyl (C=O) groups is 1. The number of aromatic nitrogens is 3. The van der Waals surface area contributed by atoms with Crippen LogP contribution < -0.4 is 0 Å². The van der Waals surface area contributed by atoms with Crippen molar-refractivity contribution in [1.29, 1.82) is 0 Å². The normalized spacial score (nSPS) is 12.4. The number of aryl methyl sites for hydroxylation is 1. The zero-order valence-corrected chi connectivity index (χ0v) is 10.7. The Morgan fingerprint density at radius 1 is 1.69 bits per heavy atom. The first-order valence-corrected chi connectivity index (χ1v) is 6.15. The Bertz CT molecular complexity index is 341. The van der Waals surface area contributed by atoms with Gasteiger partial charge in [0.25, 0.3) is 0 Å². The summed E-state index contributed by atoms with van der Waals surface area (Å²) >= 11 is 1.41. The molecule has 1 aromatic heterocycles. The molecule has 0 saturated heterocycles. The maximum Gasteiger partial charge on any atom is 0.319 e. The highest BCUT2D eigenvalue weighted by Gasteiger charge is 2.21. The second-order valence-corrected chi connectivity index (χ2v) is 4.61. The van der Waals surface area contributed by atoms with Crippen molar-refractivity contribution >= 4 is 17.7 Å². The molecule has 0 aliphatic rings. The topological polar surface area (TPSA) is 57.0 Å². The number of carbonyl (C=O) groups excluding carboxylic acids is 1. The first-order valence-electron chi connectivity index (χ1n) is 5.27. The highest BCUT2D eigenvalue weighted by molar-refractivity contribution is 8.00. The van der Waals surface area contributed by atoms with Crippen molar-refractivity contribution in [3.8, 4) is 0 Å². The third-order valence-corrected chi connectivity index (χ3v) is 3.49. The maximum absolute atomic E-state index is 11.6. The van der Waals surface area contributed by atoms with Gasteiger partial charge in [-0.15, -0.1) is 0 Å². The lowest BCUT2D eigenvalue weighted by molar-refractivity contribution is -0.140. The number of ether oxygens (including phenoxy) is 1. The van der Waals surface area contributed by atoms with Crippen LogP contribution in [0.15, 0.2) is 11.5 Å². The van der Waals surface area contributed by atoms with Crippen LogP contribution in [0.5, 0.6) is 0 Å². The van der Waals surface area contributed by atoms with E-state index in [9.17, 15) is 4.79 Å². The lowest BCUT2D eigenvalue weighted by atomic mass is 10.2. The third kappa shape index (κ3) is 3.52. The van der Waals surface area contributed by atoms with Gasteiger partial charge < -0.3 is 4.74 Å². The van der Waals surface area contributed by atoms with Crippen LogP contribution in [0.1, 0.15) is 26.2 Å². The minimum absolute atomic E-state index is 0.187. The predicted octanol–water partition coefficient (Wildman–Crippen LogP) is 1.64. The molecule has 0 fully saturated rings. The van der Waals surface area contributed by atoms with Gasteiger partial charge in [0, 0.05) is 7.05 Å². The molecule has 0 spiro atoms. The fourth-order valence-corrected chi connectivity index (χ4v) is 2.30. The number of unbranched alkanes of at least 4 members (excludes halogenated alkanes) is 1. The summed E-state index contributed by atoms with van der Waals surface area (Å²) in [6.45, 7) is 2.10. The van der Waals surface area contributed by atoms with Gasteiger partial charge in [0.05, 0.1) is 7.11 Å². The number of nitrogens with zero attached hydrogens (tertiary/aromatic N) is 3. The molecule has 90 valence electrons. The molecule has 0 aromatic carbocycles. The van der Waals surface area contributed by atoms with Crippen LogP contribution in [0, 0.1) is 0 Å². The van der Waals surface area contributed by atoms with Crippen molar-refractivity contribution in [2.45, 2.75) is 36.6 Å². The summed E-state index contributed by atoms with van der Waals surface area (Å²) in [5.41, 5.74) is 0. The van der Waals surface area contributed by atoms with Crippen molar-refractivity contribution < 1.29 is 9.53 Å². The number of methoxy groups -OCH3 is 1. The smallest absolute Gasteiger partial charge is 0.319 e. The SMILES string of the molecule is CCCCC(Sc1ncnn1C)C(=O)OC. The van der Waals surface area contributed by atoms with Crippen LogP contribution in [-0.4, -0.2) is 33.1 Å². The van der Waals surface area contributed by atoms with E-state index < -0.39 is 0 Å². The summed E-state index contributed by atoms with van der Waals surface area (Å²) in [4.78, 5) is 15.6. The van der Waals surface area contributed by atoms with E-state index in [4.69, 9.17) is 4.74 Å². The molecule has 0 N–H and O–H groups in total. The molecule has 0 aliphatic heterocycles. The van der Waals surface area contributed by atoms with E-state index in [2.05, 4.69) is 17.0 Å². The fourth-order valence-electron chi connectivity index (χ4n) is 1.27. The quantitative estimate of drug-likeness (QED) is 0.561. The molecular formula is C10H17N3O2S. The largest absolute Gasteiger partial charge is 0.468 e. The molecule has 6 heteroatoms. The van der Waals surface area contributed by atoms with E-state index in [0.29, 0.717) is 0 Å². The van der Waals surface area contributed by atoms with Crippen LogP contribution in [0.25, 0.3) is 0 Å². The van der Waals surface area contributed by atoms with Crippen LogP contribution in [0.2, 0.25) is 0 Å². The van der Waals surface area contributed by atoms with Crippen LogP contribution in [-0.2, 0) is 16.6 Å². The summed E-state index contributed by atoms with van der Waals surface area (Å²) < 4.78 is 6.44. The van der Waals surface area contributed by atoms with E-state index in [1.807, 2.05) is 7.05 Å². The summed E-state index contributed by atoms with van der Waals surface area (Å²) in [5, 5.41) is 4.52. The molecule has 1 heterocycles. The first kappa shape index (κ1) is 13.0. The van der Waals surface area contributed by atoms with Crippen LogP contribution in [0.3, 0.4) is 0 Å². The lowest BCUT2D eigenvalue weighted by Crippen LogP contribution is -2.19. The van der Waals surface area contributed by atoms with Gasteiger partial charge in [-0.3, -0.25) is 4.79 Å². The number of hydrogen-bond donors (Lipinski definition) is 0. The molecule has 1 aromatic rings. The molecule has 0 saturated carbocycles. The second-order valence-electron chi connectivity index (χ2n) is 3.44. The van der Waals surface area contributed by atoms with E-state index in [1.54, 1.807) is 4.68 Å². The maximum atomic E-state index is 11.6. The van der Waals surface area contributed by atoms with Crippen molar-refractivity contribution in [2.75, 3.05) is 7.11 Å². The van der Waals surface area contributed by atoms with Gasteiger partial charge in [0.2, 0.25) is 0 Å². The van der Waals surface area contributed by atoms with Crippen molar-refractivity contribution in [1.82, 2.24) is 14.8 Å². The Hall–Kier alpha value is -1.04. The molecule has 0 radical (unpaired) electrons. The Kier molecular flexibility index (Phi) is 5.31. The monoisotopic (exact) mass is 243 g/mol. The number of hydrogen-bond acceptors (Lipinski definition) is 5.